The van der Waals surface area contributed by atoms with Crippen molar-refractivity contribution in [1.29, 1.82) is 0 Å². The molecule has 0 spiro atoms. The summed E-state index contributed by atoms with van der Waals surface area (Å²) in [6.07, 6.45) is 11.6. The topological polar surface area (TPSA) is 55.1 Å². The van der Waals surface area contributed by atoms with Crippen molar-refractivity contribution in [3.05, 3.63) is 0 Å². The fourth-order valence-corrected chi connectivity index (χ4v) is 4.10. The van der Waals surface area contributed by atoms with Crippen LogP contribution in [0.4, 0.5) is 0 Å². The van der Waals surface area contributed by atoms with E-state index in [4.69, 9.17) is 5.73 Å². The maximum Gasteiger partial charge on any atom is 0.220 e. The van der Waals surface area contributed by atoms with Gasteiger partial charge in [-0.1, -0.05) is 46.0 Å². The quantitative estimate of drug-likeness (QED) is 0.829. The molecule has 20 heavy (non-hydrogen) atoms. The SMILES string of the molecule is CC1(C)CCCCC1NC(=O)CC1(CN)CCCCC1. The Balaban J connectivity index is 1.90. The van der Waals surface area contributed by atoms with Gasteiger partial charge in [0.25, 0.3) is 0 Å². The molecule has 0 bridgehead atoms. The summed E-state index contributed by atoms with van der Waals surface area (Å²) in [6, 6.07) is 0.349. The van der Waals surface area contributed by atoms with Crippen LogP contribution in [0.15, 0.2) is 0 Å². The van der Waals surface area contributed by atoms with Gasteiger partial charge in [0, 0.05) is 12.5 Å². The van der Waals surface area contributed by atoms with Crippen LogP contribution in [-0.4, -0.2) is 18.5 Å². The van der Waals surface area contributed by atoms with Gasteiger partial charge in [-0.05, 0) is 43.1 Å². The molecule has 1 atom stereocenters. The molecule has 0 saturated heterocycles. The number of nitrogens with two attached hydrogens (primary N) is 1. The molecule has 116 valence electrons. The lowest BCUT2D eigenvalue weighted by molar-refractivity contribution is -0.125. The zero-order valence-electron chi connectivity index (χ0n) is 13.3. The van der Waals surface area contributed by atoms with Crippen LogP contribution in [0.3, 0.4) is 0 Å². The Labute approximate surface area is 124 Å². The van der Waals surface area contributed by atoms with Gasteiger partial charge in [0.05, 0.1) is 0 Å². The van der Waals surface area contributed by atoms with E-state index in [0.717, 1.165) is 19.3 Å². The molecule has 1 unspecified atom stereocenters. The van der Waals surface area contributed by atoms with Crippen molar-refractivity contribution < 1.29 is 4.79 Å². The lowest BCUT2D eigenvalue weighted by Gasteiger charge is -2.41. The van der Waals surface area contributed by atoms with Crippen molar-refractivity contribution in [2.45, 2.75) is 84.1 Å². The first-order valence-corrected chi connectivity index (χ1v) is 8.47. The van der Waals surface area contributed by atoms with Crippen molar-refractivity contribution in [3.8, 4) is 0 Å². The Bertz CT molecular complexity index is 332. The van der Waals surface area contributed by atoms with E-state index < -0.39 is 0 Å². The summed E-state index contributed by atoms with van der Waals surface area (Å²) in [5, 5.41) is 3.32. The van der Waals surface area contributed by atoms with E-state index in [2.05, 4.69) is 19.2 Å². The molecule has 2 aliphatic rings. The van der Waals surface area contributed by atoms with Crippen LogP contribution in [0.5, 0.6) is 0 Å². The molecular weight excluding hydrogens is 248 g/mol. The molecule has 0 aromatic heterocycles. The van der Waals surface area contributed by atoms with Crippen LogP contribution >= 0.6 is 0 Å². The zero-order valence-corrected chi connectivity index (χ0v) is 13.3. The number of amides is 1. The van der Waals surface area contributed by atoms with E-state index in [1.807, 2.05) is 0 Å². The summed E-state index contributed by atoms with van der Waals surface area (Å²) in [4.78, 5) is 12.5. The van der Waals surface area contributed by atoms with Gasteiger partial charge in [0.15, 0.2) is 0 Å². The summed E-state index contributed by atoms with van der Waals surface area (Å²) in [6.45, 7) is 5.24. The second kappa shape index (κ2) is 6.46. The van der Waals surface area contributed by atoms with Gasteiger partial charge in [0.1, 0.15) is 0 Å². The maximum atomic E-state index is 12.5. The third-order valence-electron chi connectivity index (χ3n) is 5.73. The Morgan fingerprint density at radius 3 is 2.35 bits per heavy atom. The van der Waals surface area contributed by atoms with Gasteiger partial charge >= 0.3 is 0 Å². The normalized spacial score (nSPS) is 28.9. The van der Waals surface area contributed by atoms with E-state index in [1.165, 1.54) is 38.5 Å². The van der Waals surface area contributed by atoms with Gasteiger partial charge in [-0.15, -0.1) is 0 Å². The predicted octanol–water partition coefficient (Wildman–Crippen LogP) is 3.37. The summed E-state index contributed by atoms with van der Waals surface area (Å²) in [7, 11) is 0. The van der Waals surface area contributed by atoms with E-state index in [0.29, 0.717) is 19.0 Å². The minimum absolute atomic E-state index is 0.0845. The van der Waals surface area contributed by atoms with Gasteiger partial charge < -0.3 is 11.1 Å². The van der Waals surface area contributed by atoms with Gasteiger partial charge in [0.2, 0.25) is 5.91 Å². The van der Waals surface area contributed by atoms with E-state index in [9.17, 15) is 4.79 Å². The number of carbonyl (C=O) groups is 1. The summed E-state index contributed by atoms with van der Waals surface area (Å²) < 4.78 is 0. The molecule has 0 radical (unpaired) electrons. The van der Waals surface area contributed by atoms with E-state index >= 15 is 0 Å². The third kappa shape index (κ3) is 3.75. The van der Waals surface area contributed by atoms with Crippen molar-refractivity contribution in [2.75, 3.05) is 6.54 Å². The minimum Gasteiger partial charge on any atom is -0.353 e. The molecule has 2 rings (SSSR count). The highest BCUT2D eigenvalue weighted by Crippen LogP contribution is 2.39. The molecule has 3 heteroatoms. The molecule has 0 aliphatic heterocycles. The van der Waals surface area contributed by atoms with Gasteiger partial charge in [-0.25, -0.2) is 0 Å². The van der Waals surface area contributed by atoms with Crippen molar-refractivity contribution >= 4 is 5.91 Å². The van der Waals surface area contributed by atoms with Crippen LogP contribution in [-0.2, 0) is 4.79 Å². The number of rotatable bonds is 4. The van der Waals surface area contributed by atoms with Crippen LogP contribution in [0.2, 0.25) is 0 Å². The smallest absolute Gasteiger partial charge is 0.220 e. The predicted molar refractivity (Wildman–Crippen MR) is 83.4 cm³/mol. The van der Waals surface area contributed by atoms with Crippen LogP contribution in [0, 0.1) is 10.8 Å². The first-order valence-electron chi connectivity index (χ1n) is 8.47. The lowest BCUT2D eigenvalue weighted by Crippen LogP contribution is -2.48. The molecule has 0 heterocycles. The maximum absolute atomic E-state index is 12.5. The van der Waals surface area contributed by atoms with Crippen LogP contribution in [0.1, 0.15) is 78.1 Å². The average Bonchev–Trinajstić information content (AvgIpc) is 2.42. The molecule has 2 fully saturated rings. The zero-order chi connectivity index (χ0) is 14.6. The largest absolute Gasteiger partial charge is 0.353 e. The molecule has 3 nitrogen and oxygen atoms in total. The average molecular weight is 280 g/mol. The Morgan fingerprint density at radius 1 is 1.10 bits per heavy atom. The van der Waals surface area contributed by atoms with Gasteiger partial charge in [-0.2, -0.15) is 0 Å². The molecular formula is C17H32N2O. The summed E-state index contributed by atoms with van der Waals surface area (Å²) in [5.74, 6) is 0.234. The summed E-state index contributed by atoms with van der Waals surface area (Å²) in [5.41, 5.74) is 6.32. The number of nitrogens with one attached hydrogen (secondary N) is 1. The van der Waals surface area contributed by atoms with Crippen molar-refractivity contribution in [1.82, 2.24) is 5.32 Å². The fraction of sp³-hybridized carbons (Fsp3) is 0.941. The van der Waals surface area contributed by atoms with E-state index in [1.54, 1.807) is 0 Å². The number of hydrogen-bond donors (Lipinski definition) is 2. The molecule has 3 N–H and O–H groups in total. The van der Waals surface area contributed by atoms with Crippen molar-refractivity contribution in [2.24, 2.45) is 16.6 Å². The first kappa shape index (κ1) is 15.8. The third-order valence-corrected chi connectivity index (χ3v) is 5.73. The van der Waals surface area contributed by atoms with Gasteiger partial charge in [-0.3, -0.25) is 4.79 Å². The highest BCUT2D eigenvalue weighted by Gasteiger charge is 2.36. The molecule has 1 amide bonds. The molecule has 2 saturated carbocycles. The highest BCUT2D eigenvalue weighted by molar-refractivity contribution is 5.77. The second-order valence-corrected chi connectivity index (χ2v) is 7.80. The molecule has 2 aliphatic carbocycles. The second-order valence-electron chi connectivity index (χ2n) is 7.80. The minimum atomic E-state index is 0.0845. The Kier molecular flexibility index (Phi) is 5.11. The monoisotopic (exact) mass is 280 g/mol. The number of carbonyl (C=O) groups excluding carboxylic acids is 1. The summed E-state index contributed by atoms with van der Waals surface area (Å²) >= 11 is 0. The lowest BCUT2D eigenvalue weighted by atomic mass is 9.71. The Hall–Kier alpha value is -0.570. The van der Waals surface area contributed by atoms with Crippen LogP contribution < -0.4 is 11.1 Å². The molecule has 0 aromatic rings. The highest BCUT2D eigenvalue weighted by atomic mass is 16.1. The van der Waals surface area contributed by atoms with Crippen molar-refractivity contribution in [3.63, 3.8) is 0 Å². The Morgan fingerprint density at radius 2 is 1.75 bits per heavy atom. The van der Waals surface area contributed by atoms with Crippen LogP contribution in [0.25, 0.3) is 0 Å². The van der Waals surface area contributed by atoms with E-state index in [-0.39, 0.29) is 16.7 Å². The molecule has 0 aromatic carbocycles. The fourth-order valence-electron chi connectivity index (χ4n) is 4.10. The standard InChI is InChI=1S/C17H32N2O/c1-16(2)9-7-4-8-14(16)19-15(20)12-17(13-18)10-5-3-6-11-17/h14H,3-13,18H2,1-2H3,(H,19,20). The first-order chi connectivity index (χ1) is 9.47. The number of hydrogen-bond acceptors (Lipinski definition) is 2.